The molecule has 0 aromatic carbocycles. The van der Waals surface area contributed by atoms with Crippen LogP contribution in [-0.4, -0.2) is 6.61 Å². The lowest BCUT2D eigenvalue weighted by Gasteiger charge is -2.03. The van der Waals surface area contributed by atoms with E-state index in [4.69, 9.17) is 4.74 Å². The van der Waals surface area contributed by atoms with E-state index >= 15 is 0 Å². The lowest BCUT2D eigenvalue weighted by molar-refractivity contribution is 0.259. The van der Waals surface area contributed by atoms with Gasteiger partial charge in [0.05, 0.1) is 0 Å². The van der Waals surface area contributed by atoms with Crippen LogP contribution in [0.5, 0.6) is 0 Å². The van der Waals surface area contributed by atoms with E-state index in [-0.39, 0.29) is 0 Å². The lowest BCUT2D eigenvalue weighted by atomic mass is 10.3. The molecule has 0 radical (unpaired) electrons. The van der Waals surface area contributed by atoms with Gasteiger partial charge in [0, 0.05) is 5.57 Å². The van der Waals surface area contributed by atoms with Gasteiger partial charge in [-0.25, -0.2) is 0 Å². The summed E-state index contributed by atoms with van der Waals surface area (Å²) in [4.78, 5) is 0. The smallest absolute Gasteiger partial charge is 0.126 e. The summed E-state index contributed by atoms with van der Waals surface area (Å²) in [5.41, 5.74) is 0.953. The highest BCUT2D eigenvalue weighted by atomic mass is 16.5. The quantitative estimate of drug-likeness (QED) is 0.559. The van der Waals surface area contributed by atoms with E-state index in [2.05, 4.69) is 6.58 Å². The highest BCUT2D eigenvalue weighted by Gasteiger charge is 2.02. The van der Waals surface area contributed by atoms with Crippen LogP contribution in [0, 0.1) is 0 Å². The van der Waals surface area contributed by atoms with Crippen LogP contribution >= 0.6 is 0 Å². The summed E-state index contributed by atoms with van der Waals surface area (Å²) >= 11 is 0. The summed E-state index contributed by atoms with van der Waals surface area (Å²) in [6.45, 7) is 6.41. The molecule has 0 saturated carbocycles. The molecule has 0 amide bonds. The van der Waals surface area contributed by atoms with Gasteiger partial charge in [-0.2, -0.15) is 0 Å². The third kappa shape index (κ3) is 2.11. The first kappa shape index (κ1) is 7.86. The molecule has 0 fully saturated rings. The Morgan fingerprint density at radius 3 is 3.00 bits per heavy atom. The second-order valence-electron chi connectivity index (χ2n) is 2.30. The third-order valence-electron chi connectivity index (χ3n) is 1.43. The van der Waals surface area contributed by atoms with E-state index in [1.807, 2.05) is 37.3 Å². The Bertz CT molecular complexity index is 231. The van der Waals surface area contributed by atoms with Gasteiger partial charge in [-0.1, -0.05) is 30.9 Å². The summed E-state index contributed by atoms with van der Waals surface area (Å²) in [7, 11) is 0. The van der Waals surface area contributed by atoms with Crippen LogP contribution in [-0.2, 0) is 4.74 Å². The maximum absolute atomic E-state index is 5.37. The maximum atomic E-state index is 5.37. The number of hydrogen-bond donors (Lipinski definition) is 0. The first-order chi connectivity index (χ1) is 5.34. The van der Waals surface area contributed by atoms with Crippen molar-refractivity contribution in [3.63, 3.8) is 0 Å². The summed E-state index contributed by atoms with van der Waals surface area (Å²) in [5, 5.41) is 0. The lowest BCUT2D eigenvalue weighted by Crippen LogP contribution is -1.90. The van der Waals surface area contributed by atoms with Crippen LogP contribution < -0.4 is 0 Å². The second kappa shape index (κ2) is 3.81. The van der Waals surface area contributed by atoms with Gasteiger partial charge in [0.2, 0.25) is 0 Å². The zero-order chi connectivity index (χ0) is 8.10. The van der Waals surface area contributed by atoms with Crippen molar-refractivity contribution in [2.75, 3.05) is 6.61 Å². The third-order valence-corrected chi connectivity index (χ3v) is 1.43. The Balaban J connectivity index is 2.34. The molecule has 58 valence electrons. The zero-order valence-electron chi connectivity index (χ0n) is 6.71. The van der Waals surface area contributed by atoms with E-state index in [0.29, 0.717) is 6.61 Å². The molecule has 1 aliphatic carbocycles. The second-order valence-corrected chi connectivity index (χ2v) is 2.30. The Morgan fingerprint density at radius 2 is 2.45 bits per heavy atom. The van der Waals surface area contributed by atoms with Crippen molar-refractivity contribution in [1.29, 1.82) is 0 Å². The van der Waals surface area contributed by atoms with Crippen molar-refractivity contribution in [3.05, 3.63) is 48.3 Å². The monoisotopic (exact) mass is 148 g/mol. The standard InChI is InChI=1S/C10H12O/c1-3-4-8-11-10-7-5-6-9(10)2/h3-7H,2,8H2,1H3/b4-3-. The van der Waals surface area contributed by atoms with E-state index in [1.165, 1.54) is 0 Å². The summed E-state index contributed by atoms with van der Waals surface area (Å²) in [5.74, 6) is 0.878. The van der Waals surface area contributed by atoms with Crippen LogP contribution in [0.4, 0.5) is 0 Å². The first-order valence-electron chi connectivity index (χ1n) is 3.66. The van der Waals surface area contributed by atoms with Crippen LogP contribution in [0.25, 0.3) is 0 Å². The van der Waals surface area contributed by atoms with Gasteiger partial charge in [-0.3, -0.25) is 0 Å². The molecule has 0 aliphatic heterocycles. The molecular weight excluding hydrogens is 136 g/mol. The molecule has 1 nitrogen and oxygen atoms in total. The fourth-order valence-electron chi connectivity index (χ4n) is 0.816. The van der Waals surface area contributed by atoms with Crippen molar-refractivity contribution in [1.82, 2.24) is 0 Å². The predicted octanol–water partition coefficient (Wildman–Crippen LogP) is 2.59. The predicted molar refractivity (Wildman–Crippen MR) is 47.1 cm³/mol. The molecule has 1 heteroatoms. The normalized spacial score (nSPS) is 16.1. The largest absolute Gasteiger partial charge is 0.489 e. The molecular formula is C10H12O. The Morgan fingerprint density at radius 1 is 1.64 bits per heavy atom. The summed E-state index contributed by atoms with van der Waals surface area (Å²) < 4.78 is 5.37. The number of rotatable bonds is 3. The molecule has 1 rings (SSSR count). The van der Waals surface area contributed by atoms with E-state index < -0.39 is 0 Å². The van der Waals surface area contributed by atoms with Crippen molar-refractivity contribution in [3.8, 4) is 0 Å². The minimum absolute atomic E-state index is 0.628. The van der Waals surface area contributed by atoms with Gasteiger partial charge in [-0.05, 0) is 13.0 Å². The SMILES string of the molecule is C=C1C=CC=C1OC/C=C\C. The molecule has 0 aromatic rings. The summed E-state index contributed by atoms with van der Waals surface area (Å²) in [6, 6.07) is 0. The number of hydrogen-bond acceptors (Lipinski definition) is 1. The fourth-order valence-corrected chi connectivity index (χ4v) is 0.816. The van der Waals surface area contributed by atoms with Crippen molar-refractivity contribution >= 4 is 0 Å². The highest BCUT2D eigenvalue weighted by molar-refractivity contribution is 5.42. The van der Waals surface area contributed by atoms with E-state index in [0.717, 1.165) is 11.3 Å². The number of ether oxygens (including phenoxy) is 1. The zero-order valence-corrected chi connectivity index (χ0v) is 6.71. The maximum Gasteiger partial charge on any atom is 0.126 e. The highest BCUT2D eigenvalue weighted by Crippen LogP contribution is 2.16. The van der Waals surface area contributed by atoms with Crippen LogP contribution in [0.15, 0.2) is 48.3 Å². The van der Waals surface area contributed by atoms with Gasteiger partial charge in [0.25, 0.3) is 0 Å². The molecule has 0 atom stereocenters. The van der Waals surface area contributed by atoms with Gasteiger partial charge in [0.1, 0.15) is 12.4 Å². The topological polar surface area (TPSA) is 9.23 Å². The fraction of sp³-hybridized carbons (Fsp3) is 0.200. The molecule has 0 bridgehead atoms. The summed E-state index contributed by atoms with van der Waals surface area (Å²) in [6.07, 6.45) is 9.72. The molecule has 0 saturated heterocycles. The van der Waals surface area contributed by atoms with Gasteiger partial charge >= 0.3 is 0 Å². The van der Waals surface area contributed by atoms with Crippen molar-refractivity contribution < 1.29 is 4.74 Å². The van der Waals surface area contributed by atoms with E-state index in [1.54, 1.807) is 0 Å². The Hall–Kier alpha value is -1.24. The minimum Gasteiger partial charge on any atom is -0.489 e. The molecule has 0 spiro atoms. The van der Waals surface area contributed by atoms with E-state index in [9.17, 15) is 0 Å². The average Bonchev–Trinajstić information content (AvgIpc) is 2.37. The van der Waals surface area contributed by atoms with Crippen LogP contribution in [0.2, 0.25) is 0 Å². The molecule has 11 heavy (non-hydrogen) atoms. The van der Waals surface area contributed by atoms with Crippen LogP contribution in [0.1, 0.15) is 6.92 Å². The van der Waals surface area contributed by atoms with Gasteiger partial charge in [0.15, 0.2) is 0 Å². The van der Waals surface area contributed by atoms with Crippen molar-refractivity contribution in [2.45, 2.75) is 6.92 Å². The van der Waals surface area contributed by atoms with Crippen molar-refractivity contribution in [2.24, 2.45) is 0 Å². The van der Waals surface area contributed by atoms with Gasteiger partial charge in [-0.15, -0.1) is 0 Å². The molecule has 0 unspecified atom stereocenters. The first-order valence-corrected chi connectivity index (χ1v) is 3.66. The minimum atomic E-state index is 0.628. The molecule has 0 N–H and O–H groups in total. The number of allylic oxidation sites excluding steroid dienone is 4. The van der Waals surface area contributed by atoms with Gasteiger partial charge < -0.3 is 4.74 Å². The Kier molecular flexibility index (Phi) is 2.73. The Labute approximate surface area is 67.4 Å². The molecule has 0 aromatic heterocycles. The average molecular weight is 148 g/mol. The molecule has 1 aliphatic rings. The molecule has 0 heterocycles. The van der Waals surface area contributed by atoms with Crippen LogP contribution in [0.3, 0.4) is 0 Å².